The molecule has 0 fully saturated rings. The van der Waals surface area contributed by atoms with Crippen molar-refractivity contribution in [2.75, 3.05) is 23.9 Å². The fourth-order valence-corrected chi connectivity index (χ4v) is 2.26. The van der Waals surface area contributed by atoms with Crippen molar-refractivity contribution in [1.29, 1.82) is 0 Å². The zero-order valence-electron chi connectivity index (χ0n) is 9.32. The smallest absolute Gasteiger partial charge is 0.221 e. The topological polar surface area (TPSA) is 38.3 Å². The molecule has 0 saturated heterocycles. The second kappa shape index (κ2) is 6.70. The minimum atomic E-state index is -0.0714. The van der Waals surface area contributed by atoms with Gasteiger partial charge in [-0.2, -0.15) is 12.6 Å². The molecule has 88 valence electrons. The van der Waals surface area contributed by atoms with Crippen LogP contribution in [0.5, 0.6) is 5.75 Å². The van der Waals surface area contributed by atoms with E-state index in [1.165, 1.54) is 6.92 Å². The number of hydrogen-bond acceptors (Lipinski definition) is 4. The Morgan fingerprint density at radius 3 is 2.88 bits per heavy atom. The van der Waals surface area contributed by atoms with E-state index in [1.807, 2.05) is 18.2 Å². The summed E-state index contributed by atoms with van der Waals surface area (Å²) in [6.07, 6.45) is 0. The molecule has 0 spiro atoms. The number of thioether (sulfide) groups is 1. The van der Waals surface area contributed by atoms with E-state index in [9.17, 15) is 4.79 Å². The van der Waals surface area contributed by atoms with E-state index in [0.717, 1.165) is 27.8 Å². The summed E-state index contributed by atoms with van der Waals surface area (Å²) in [5, 5.41) is 2.79. The lowest BCUT2D eigenvalue weighted by Gasteiger charge is -2.10. The predicted octanol–water partition coefficient (Wildman–Crippen LogP) is 2.68. The number of methoxy groups -OCH3 is 1. The molecule has 1 N–H and O–H groups in total. The number of rotatable bonds is 5. The van der Waals surface area contributed by atoms with Crippen molar-refractivity contribution in [2.45, 2.75) is 11.8 Å². The molecule has 1 rings (SSSR count). The van der Waals surface area contributed by atoms with Crippen LogP contribution in [0.1, 0.15) is 6.92 Å². The molecule has 0 aliphatic carbocycles. The predicted molar refractivity (Wildman–Crippen MR) is 71.9 cm³/mol. The molecule has 16 heavy (non-hydrogen) atoms. The van der Waals surface area contributed by atoms with Crippen molar-refractivity contribution >= 4 is 36.0 Å². The van der Waals surface area contributed by atoms with Gasteiger partial charge in [0.1, 0.15) is 5.75 Å². The normalized spacial score (nSPS) is 9.94. The van der Waals surface area contributed by atoms with Crippen LogP contribution in [-0.2, 0) is 4.79 Å². The lowest BCUT2D eigenvalue weighted by molar-refractivity contribution is -0.114. The highest BCUT2D eigenvalue weighted by Gasteiger charge is 2.06. The molecule has 3 nitrogen and oxygen atoms in total. The van der Waals surface area contributed by atoms with E-state index < -0.39 is 0 Å². The molecule has 0 aliphatic heterocycles. The van der Waals surface area contributed by atoms with Crippen molar-refractivity contribution < 1.29 is 9.53 Å². The fraction of sp³-hybridized carbons (Fsp3) is 0.364. The number of carbonyl (C=O) groups excluding carboxylic acids is 1. The third-order valence-corrected chi connectivity index (χ3v) is 3.43. The first-order valence-corrected chi connectivity index (χ1v) is 6.48. The Morgan fingerprint density at radius 1 is 1.56 bits per heavy atom. The maximum atomic E-state index is 11.0. The molecule has 1 amide bonds. The van der Waals surface area contributed by atoms with Crippen LogP contribution in [0.25, 0.3) is 0 Å². The zero-order chi connectivity index (χ0) is 12.0. The summed E-state index contributed by atoms with van der Waals surface area (Å²) >= 11 is 5.81. The summed E-state index contributed by atoms with van der Waals surface area (Å²) in [7, 11) is 1.63. The quantitative estimate of drug-likeness (QED) is 0.629. The molecule has 1 aromatic rings. The standard InChI is InChI=1S/C11H15NO2S2/c1-8(13)12-10-4-3-9(14-2)7-11(10)16-6-5-15/h3-4,7,15H,5-6H2,1-2H3,(H,12,13). The number of thiol groups is 1. The summed E-state index contributed by atoms with van der Waals surface area (Å²) in [5.41, 5.74) is 0.820. The highest BCUT2D eigenvalue weighted by molar-refractivity contribution is 8.00. The van der Waals surface area contributed by atoms with Crippen molar-refractivity contribution in [3.05, 3.63) is 18.2 Å². The van der Waals surface area contributed by atoms with E-state index in [0.29, 0.717) is 0 Å². The number of carbonyl (C=O) groups is 1. The zero-order valence-corrected chi connectivity index (χ0v) is 11.0. The Hall–Kier alpha value is -0.810. The van der Waals surface area contributed by atoms with Crippen LogP contribution >= 0.6 is 24.4 Å². The van der Waals surface area contributed by atoms with Crippen LogP contribution in [0, 0.1) is 0 Å². The highest BCUT2D eigenvalue weighted by atomic mass is 32.2. The summed E-state index contributed by atoms with van der Waals surface area (Å²) in [5.74, 6) is 2.40. The fourth-order valence-electron chi connectivity index (χ4n) is 1.20. The monoisotopic (exact) mass is 257 g/mol. The number of benzene rings is 1. The summed E-state index contributed by atoms with van der Waals surface area (Å²) < 4.78 is 5.15. The average Bonchev–Trinajstić information content (AvgIpc) is 2.27. The van der Waals surface area contributed by atoms with Crippen LogP contribution in [0.4, 0.5) is 5.69 Å². The first kappa shape index (κ1) is 13.3. The molecule has 0 aliphatic rings. The van der Waals surface area contributed by atoms with Crippen LogP contribution in [0.15, 0.2) is 23.1 Å². The van der Waals surface area contributed by atoms with E-state index >= 15 is 0 Å². The number of ether oxygens (including phenoxy) is 1. The van der Waals surface area contributed by atoms with Gasteiger partial charge in [0.2, 0.25) is 5.91 Å². The molecule has 5 heteroatoms. The molecule has 0 radical (unpaired) electrons. The van der Waals surface area contributed by atoms with Gasteiger partial charge in [-0.15, -0.1) is 11.8 Å². The van der Waals surface area contributed by atoms with E-state index in [2.05, 4.69) is 17.9 Å². The van der Waals surface area contributed by atoms with Crippen molar-refractivity contribution in [2.24, 2.45) is 0 Å². The Labute approximate surface area is 105 Å². The van der Waals surface area contributed by atoms with Crippen LogP contribution in [-0.4, -0.2) is 24.5 Å². The average molecular weight is 257 g/mol. The molecular weight excluding hydrogens is 242 g/mol. The molecule has 0 unspecified atom stereocenters. The van der Waals surface area contributed by atoms with E-state index in [4.69, 9.17) is 4.74 Å². The molecule has 0 atom stereocenters. The first-order valence-electron chi connectivity index (χ1n) is 4.86. The first-order chi connectivity index (χ1) is 7.67. The van der Waals surface area contributed by atoms with Gasteiger partial charge in [-0.05, 0) is 24.0 Å². The minimum Gasteiger partial charge on any atom is -0.497 e. The lowest BCUT2D eigenvalue weighted by atomic mass is 10.3. The van der Waals surface area contributed by atoms with Gasteiger partial charge in [-0.1, -0.05) is 0 Å². The van der Waals surface area contributed by atoms with Crippen LogP contribution < -0.4 is 10.1 Å². The third kappa shape index (κ3) is 3.98. The molecule has 0 bridgehead atoms. The number of amides is 1. The van der Waals surface area contributed by atoms with E-state index in [1.54, 1.807) is 18.9 Å². The number of anilines is 1. The van der Waals surface area contributed by atoms with Gasteiger partial charge >= 0.3 is 0 Å². The van der Waals surface area contributed by atoms with Crippen molar-refractivity contribution in [1.82, 2.24) is 0 Å². The van der Waals surface area contributed by atoms with Gasteiger partial charge in [0, 0.05) is 17.6 Å². The van der Waals surface area contributed by atoms with Crippen LogP contribution in [0.2, 0.25) is 0 Å². The second-order valence-electron chi connectivity index (χ2n) is 3.12. The molecule has 0 heterocycles. The van der Waals surface area contributed by atoms with E-state index in [-0.39, 0.29) is 5.91 Å². The van der Waals surface area contributed by atoms with Crippen molar-refractivity contribution in [3.8, 4) is 5.75 Å². The van der Waals surface area contributed by atoms with Gasteiger partial charge in [-0.25, -0.2) is 0 Å². The summed E-state index contributed by atoms with van der Waals surface area (Å²) in [6, 6.07) is 5.59. The van der Waals surface area contributed by atoms with Gasteiger partial charge in [0.25, 0.3) is 0 Å². The SMILES string of the molecule is COc1ccc(NC(C)=O)c(SCCS)c1. The van der Waals surface area contributed by atoms with Gasteiger partial charge in [0.15, 0.2) is 0 Å². The van der Waals surface area contributed by atoms with Crippen LogP contribution in [0.3, 0.4) is 0 Å². The lowest BCUT2D eigenvalue weighted by Crippen LogP contribution is -2.06. The summed E-state index contributed by atoms with van der Waals surface area (Å²) in [6.45, 7) is 1.50. The van der Waals surface area contributed by atoms with Crippen molar-refractivity contribution in [3.63, 3.8) is 0 Å². The molecular formula is C11H15NO2S2. The Kier molecular flexibility index (Phi) is 5.55. The molecule has 0 saturated carbocycles. The minimum absolute atomic E-state index is 0.0714. The Bertz CT molecular complexity index is 369. The Morgan fingerprint density at radius 2 is 2.31 bits per heavy atom. The maximum Gasteiger partial charge on any atom is 0.221 e. The molecule has 0 aromatic heterocycles. The Balaban J connectivity index is 2.91. The summed E-state index contributed by atoms with van der Waals surface area (Å²) in [4.78, 5) is 12.0. The number of nitrogens with one attached hydrogen (secondary N) is 1. The second-order valence-corrected chi connectivity index (χ2v) is 4.70. The molecule has 1 aromatic carbocycles. The van der Waals surface area contributed by atoms with Gasteiger partial charge < -0.3 is 10.1 Å². The van der Waals surface area contributed by atoms with Gasteiger partial charge in [0.05, 0.1) is 12.8 Å². The maximum absolute atomic E-state index is 11.0. The third-order valence-electron chi connectivity index (χ3n) is 1.85. The largest absolute Gasteiger partial charge is 0.497 e. The van der Waals surface area contributed by atoms with Gasteiger partial charge in [-0.3, -0.25) is 4.79 Å². The highest BCUT2D eigenvalue weighted by Crippen LogP contribution is 2.31. The number of hydrogen-bond donors (Lipinski definition) is 2.